The first-order valence-corrected chi connectivity index (χ1v) is 10.8. The highest BCUT2D eigenvalue weighted by Gasteiger charge is 2.30. The van der Waals surface area contributed by atoms with Crippen LogP contribution in [0.1, 0.15) is 43.4 Å². The van der Waals surface area contributed by atoms with E-state index in [4.69, 9.17) is 14.2 Å². The molecule has 1 aliphatic rings. The molecule has 0 saturated heterocycles. The number of fused-ring (bicyclic) bond motifs is 1. The van der Waals surface area contributed by atoms with Gasteiger partial charge >= 0.3 is 6.09 Å². The molecule has 7 heteroatoms. The molecule has 1 N–H and O–H groups in total. The van der Waals surface area contributed by atoms with Crippen LogP contribution in [0.4, 0.5) is 4.79 Å². The molecule has 2 aromatic carbocycles. The first kappa shape index (κ1) is 23.4. The fraction of sp³-hybridized carbons (Fsp3) is 0.440. The number of alkyl carbamates (subject to hydrolysis) is 1. The van der Waals surface area contributed by atoms with E-state index in [2.05, 4.69) is 5.32 Å². The second-order valence-corrected chi connectivity index (χ2v) is 8.83. The summed E-state index contributed by atoms with van der Waals surface area (Å²) in [4.78, 5) is 27.6. The fourth-order valence-electron chi connectivity index (χ4n) is 3.82. The smallest absolute Gasteiger partial charge is 0.407 e. The molecule has 172 valence electrons. The number of amides is 2. The average Bonchev–Trinajstić information content (AvgIpc) is 2.77. The van der Waals surface area contributed by atoms with Crippen LogP contribution >= 0.6 is 0 Å². The zero-order valence-electron chi connectivity index (χ0n) is 19.4. The van der Waals surface area contributed by atoms with E-state index >= 15 is 0 Å². The molecule has 2 amide bonds. The van der Waals surface area contributed by atoms with Crippen LogP contribution in [-0.4, -0.2) is 49.8 Å². The van der Waals surface area contributed by atoms with E-state index < -0.39 is 17.6 Å². The number of rotatable bonds is 6. The zero-order valence-corrected chi connectivity index (χ0v) is 19.4. The molecule has 1 atom stereocenters. The van der Waals surface area contributed by atoms with E-state index in [1.807, 2.05) is 47.4 Å². The van der Waals surface area contributed by atoms with E-state index in [1.54, 1.807) is 35.0 Å². The topological polar surface area (TPSA) is 77.1 Å². The van der Waals surface area contributed by atoms with Gasteiger partial charge in [-0.2, -0.15) is 0 Å². The summed E-state index contributed by atoms with van der Waals surface area (Å²) in [5.74, 6) is 0.791. The van der Waals surface area contributed by atoms with E-state index in [0.29, 0.717) is 24.6 Å². The zero-order chi connectivity index (χ0) is 23.3. The maximum atomic E-state index is 13.6. The molecule has 3 rings (SSSR count). The number of hydrogen-bond donors (Lipinski definition) is 1. The summed E-state index contributed by atoms with van der Waals surface area (Å²) in [6.07, 6.45) is 0.189. The largest absolute Gasteiger partial charge is 0.493 e. The predicted molar refractivity (Wildman–Crippen MR) is 122 cm³/mol. The second-order valence-electron chi connectivity index (χ2n) is 8.83. The summed E-state index contributed by atoms with van der Waals surface area (Å²) in [5, 5.41) is 2.77. The van der Waals surface area contributed by atoms with Crippen molar-refractivity contribution in [2.75, 3.05) is 27.3 Å². The van der Waals surface area contributed by atoms with Gasteiger partial charge in [0, 0.05) is 19.6 Å². The maximum absolute atomic E-state index is 13.6. The van der Waals surface area contributed by atoms with Crippen LogP contribution in [-0.2, 0) is 22.5 Å². The van der Waals surface area contributed by atoms with Gasteiger partial charge in [-0.3, -0.25) is 4.79 Å². The molecule has 0 bridgehead atoms. The third kappa shape index (κ3) is 5.72. The molecule has 0 unspecified atom stereocenters. The molecular formula is C25H32N2O5. The van der Waals surface area contributed by atoms with Crippen LogP contribution < -0.4 is 14.8 Å². The highest BCUT2D eigenvalue weighted by atomic mass is 16.6. The molecule has 0 aromatic heterocycles. The molecule has 1 heterocycles. The Morgan fingerprint density at radius 3 is 2.25 bits per heavy atom. The number of nitrogens with one attached hydrogen (secondary N) is 1. The van der Waals surface area contributed by atoms with Crippen molar-refractivity contribution < 1.29 is 23.8 Å². The lowest BCUT2D eigenvalue weighted by atomic mass is 9.94. The summed E-state index contributed by atoms with van der Waals surface area (Å²) >= 11 is 0. The summed E-state index contributed by atoms with van der Waals surface area (Å²) in [6, 6.07) is 13.4. The molecule has 0 saturated carbocycles. The Labute approximate surface area is 189 Å². The van der Waals surface area contributed by atoms with Crippen LogP contribution in [0.3, 0.4) is 0 Å². The molecule has 0 fully saturated rings. The fourth-order valence-corrected chi connectivity index (χ4v) is 3.82. The van der Waals surface area contributed by atoms with Gasteiger partial charge in [0.15, 0.2) is 11.5 Å². The van der Waals surface area contributed by atoms with Crippen LogP contribution in [0.25, 0.3) is 0 Å². The average molecular weight is 441 g/mol. The quantitative estimate of drug-likeness (QED) is 0.737. The molecule has 0 radical (unpaired) electrons. The summed E-state index contributed by atoms with van der Waals surface area (Å²) in [5.41, 5.74) is 2.43. The van der Waals surface area contributed by atoms with Crippen molar-refractivity contribution in [3.63, 3.8) is 0 Å². The number of benzene rings is 2. The Kier molecular flexibility index (Phi) is 7.28. The minimum Gasteiger partial charge on any atom is -0.493 e. The van der Waals surface area contributed by atoms with Gasteiger partial charge in [-0.05, 0) is 56.0 Å². The van der Waals surface area contributed by atoms with Gasteiger partial charge in [0.1, 0.15) is 5.60 Å². The Hall–Kier alpha value is -3.22. The van der Waals surface area contributed by atoms with Gasteiger partial charge in [-0.15, -0.1) is 0 Å². The normalized spacial score (nSPS) is 14.2. The third-order valence-electron chi connectivity index (χ3n) is 5.38. The van der Waals surface area contributed by atoms with Crippen LogP contribution in [0.15, 0.2) is 42.5 Å². The number of hydrogen-bond acceptors (Lipinski definition) is 5. The molecule has 0 spiro atoms. The van der Waals surface area contributed by atoms with E-state index in [0.717, 1.165) is 23.1 Å². The SMILES string of the molecule is COc1cc2c(cc1OC)CN(C(=O)[C@@H](CNC(=O)OC(C)(C)C)c1ccccc1)CC2. The summed E-state index contributed by atoms with van der Waals surface area (Å²) in [6.45, 7) is 6.65. The molecule has 7 nitrogen and oxygen atoms in total. The number of carbonyl (C=O) groups excluding carboxylic acids is 2. The Balaban J connectivity index is 1.79. The lowest BCUT2D eigenvalue weighted by molar-refractivity contribution is -0.133. The van der Waals surface area contributed by atoms with Gasteiger partial charge in [0.05, 0.1) is 20.1 Å². The second kappa shape index (κ2) is 9.94. The standard InChI is InChI=1S/C25H32N2O5/c1-25(2,3)32-24(29)26-15-20(17-9-7-6-8-10-17)23(28)27-12-11-18-13-21(30-4)22(31-5)14-19(18)16-27/h6-10,13-14,20H,11-12,15-16H2,1-5H3,(H,26,29)/t20-/m0/s1. The number of nitrogens with zero attached hydrogens (tertiary/aromatic N) is 1. The Morgan fingerprint density at radius 2 is 1.66 bits per heavy atom. The molecule has 1 aliphatic heterocycles. The molecular weight excluding hydrogens is 408 g/mol. The summed E-state index contributed by atoms with van der Waals surface area (Å²) in [7, 11) is 3.22. The highest BCUT2D eigenvalue weighted by Crippen LogP contribution is 2.34. The van der Waals surface area contributed by atoms with Crippen molar-refractivity contribution in [2.45, 2.75) is 45.3 Å². The van der Waals surface area contributed by atoms with Crippen molar-refractivity contribution in [1.82, 2.24) is 10.2 Å². The van der Waals surface area contributed by atoms with Crippen LogP contribution in [0.2, 0.25) is 0 Å². The number of ether oxygens (including phenoxy) is 3. The third-order valence-corrected chi connectivity index (χ3v) is 5.38. The number of methoxy groups -OCH3 is 2. The molecule has 32 heavy (non-hydrogen) atoms. The lowest BCUT2D eigenvalue weighted by Crippen LogP contribution is -2.43. The minimum absolute atomic E-state index is 0.0345. The predicted octanol–water partition coefficient (Wildman–Crippen LogP) is 3.90. The van der Waals surface area contributed by atoms with Gasteiger partial charge < -0.3 is 24.4 Å². The highest BCUT2D eigenvalue weighted by molar-refractivity contribution is 5.85. The van der Waals surface area contributed by atoms with Crippen molar-refractivity contribution >= 4 is 12.0 Å². The van der Waals surface area contributed by atoms with Crippen molar-refractivity contribution in [1.29, 1.82) is 0 Å². The first-order chi connectivity index (χ1) is 15.2. The minimum atomic E-state index is -0.604. The maximum Gasteiger partial charge on any atom is 0.407 e. The molecule has 2 aromatic rings. The Bertz CT molecular complexity index is 953. The van der Waals surface area contributed by atoms with E-state index in [-0.39, 0.29) is 12.5 Å². The van der Waals surface area contributed by atoms with Gasteiger partial charge in [0.2, 0.25) is 5.91 Å². The first-order valence-electron chi connectivity index (χ1n) is 10.8. The van der Waals surface area contributed by atoms with Crippen molar-refractivity contribution in [3.05, 3.63) is 59.2 Å². The van der Waals surface area contributed by atoms with Gasteiger partial charge in [-0.1, -0.05) is 30.3 Å². The van der Waals surface area contributed by atoms with Gasteiger partial charge in [0.25, 0.3) is 0 Å². The number of carbonyl (C=O) groups is 2. The van der Waals surface area contributed by atoms with Gasteiger partial charge in [-0.25, -0.2) is 4.79 Å². The lowest BCUT2D eigenvalue weighted by Gasteiger charge is -2.32. The van der Waals surface area contributed by atoms with Crippen molar-refractivity contribution in [2.24, 2.45) is 0 Å². The van der Waals surface area contributed by atoms with Crippen LogP contribution in [0.5, 0.6) is 11.5 Å². The monoisotopic (exact) mass is 440 g/mol. The van der Waals surface area contributed by atoms with Crippen molar-refractivity contribution in [3.8, 4) is 11.5 Å². The van der Waals surface area contributed by atoms with Crippen LogP contribution in [0, 0.1) is 0 Å². The van der Waals surface area contributed by atoms with E-state index in [1.165, 1.54) is 0 Å². The summed E-state index contributed by atoms with van der Waals surface area (Å²) < 4.78 is 16.2. The molecule has 0 aliphatic carbocycles. The Morgan fingerprint density at radius 1 is 1.03 bits per heavy atom. The van der Waals surface area contributed by atoms with E-state index in [9.17, 15) is 9.59 Å².